The number of para-hydroxylation sites is 1. The molecule has 0 radical (unpaired) electrons. The minimum absolute atomic E-state index is 0.481. The Morgan fingerprint density at radius 2 is 1.73 bits per heavy atom. The zero-order valence-corrected chi connectivity index (χ0v) is 23.2. The molecule has 0 saturated carbocycles. The van der Waals surface area contributed by atoms with Crippen molar-refractivity contribution in [3.05, 3.63) is 114 Å². The van der Waals surface area contributed by atoms with Crippen molar-refractivity contribution < 1.29 is 14.2 Å². The van der Waals surface area contributed by atoms with Crippen LogP contribution in [0.3, 0.4) is 0 Å². The predicted octanol–water partition coefficient (Wildman–Crippen LogP) is 7.56. The van der Waals surface area contributed by atoms with Crippen LogP contribution in [0.15, 0.2) is 104 Å². The molecule has 0 aliphatic carbocycles. The second kappa shape index (κ2) is 11.6. The molecule has 41 heavy (non-hydrogen) atoms. The molecule has 204 valence electrons. The molecular formula is C32H26ClN5O3. The van der Waals surface area contributed by atoms with Gasteiger partial charge in [0.05, 0.1) is 42.3 Å². The first-order valence-electron chi connectivity index (χ1n) is 12.9. The molecule has 9 heteroatoms. The zero-order chi connectivity index (χ0) is 28.2. The number of nitrogens with one attached hydrogen (secondary N) is 1. The van der Waals surface area contributed by atoms with E-state index in [1.807, 2.05) is 91.1 Å². The Bertz CT molecular complexity index is 1810. The number of nitrogens with zero attached hydrogens (tertiary/aromatic N) is 4. The van der Waals surface area contributed by atoms with Crippen LogP contribution in [0.2, 0.25) is 5.02 Å². The summed E-state index contributed by atoms with van der Waals surface area (Å²) in [4.78, 5) is 0. The highest BCUT2D eigenvalue weighted by Gasteiger charge is 2.16. The van der Waals surface area contributed by atoms with Crippen molar-refractivity contribution in [3.63, 3.8) is 0 Å². The second-order valence-corrected chi connectivity index (χ2v) is 9.59. The third-order valence-corrected chi connectivity index (χ3v) is 6.98. The van der Waals surface area contributed by atoms with Gasteiger partial charge in [-0.05, 0) is 54.1 Å². The van der Waals surface area contributed by atoms with Crippen LogP contribution in [0.25, 0.3) is 27.7 Å². The smallest absolute Gasteiger partial charge is 0.148 e. The Kier molecular flexibility index (Phi) is 7.38. The van der Waals surface area contributed by atoms with Gasteiger partial charge in [-0.15, -0.1) is 0 Å². The molecule has 0 aliphatic heterocycles. The second-order valence-electron chi connectivity index (χ2n) is 9.19. The fraction of sp³-hybridized carbons (Fsp3) is 0.0938. The molecule has 4 aromatic carbocycles. The maximum atomic E-state index is 6.74. The van der Waals surface area contributed by atoms with Gasteiger partial charge >= 0.3 is 0 Å². The lowest BCUT2D eigenvalue weighted by Gasteiger charge is -2.16. The summed E-state index contributed by atoms with van der Waals surface area (Å²) < 4.78 is 18.7. The van der Waals surface area contributed by atoms with Crippen molar-refractivity contribution in [3.8, 4) is 39.8 Å². The van der Waals surface area contributed by atoms with Crippen LogP contribution in [-0.4, -0.2) is 34.2 Å². The lowest BCUT2D eigenvalue weighted by atomic mass is 10.0. The molecule has 6 rings (SSSR count). The molecule has 8 nitrogen and oxygen atoms in total. The summed E-state index contributed by atoms with van der Waals surface area (Å²) in [6.45, 7) is 0.539. The van der Waals surface area contributed by atoms with Crippen molar-refractivity contribution in [2.24, 2.45) is 0 Å². The number of methoxy groups -OCH3 is 2. The van der Waals surface area contributed by atoms with Gasteiger partial charge in [-0.1, -0.05) is 35.9 Å². The molecule has 0 unspecified atom stereocenters. The van der Waals surface area contributed by atoms with Gasteiger partial charge < -0.3 is 19.5 Å². The quantitative estimate of drug-likeness (QED) is 0.194. The Morgan fingerprint density at radius 3 is 2.51 bits per heavy atom. The first-order chi connectivity index (χ1) is 20.1. The van der Waals surface area contributed by atoms with E-state index >= 15 is 0 Å². The minimum atomic E-state index is 0.481. The number of benzene rings is 4. The number of rotatable bonds is 9. The number of aromatic nitrogens is 4. The Hall–Kier alpha value is -5.08. The maximum Gasteiger partial charge on any atom is 0.148 e. The van der Waals surface area contributed by atoms with Gasteiger partial charge in [-0.25, -0.2) is 4.68 Å². The Labute approximate surface area is 242 Å². The fourth-order valence-corrected chi connectivity index (χ4v) is 4.83. The van der Waals surface area contributed by atoms with Gasteiger partial charge in [0, 0.05) is 47.6 Å². The third-order valence-electron chi connectivity index (χ3n) is 6.69. The molecule has 2 aromatic heterocycles. The zero-order valence-electron chi connectivity index (χ0n) is 22.4. The van der Waals surface area contributed by atoms with Crippen molar-refractivity contribution in [1.29, 1.82) is 0 Å². The number of halogens is 1. The molecule has 1 N–H and O–H groups in total. The monoisotopic (exact) mass is 563 g/mol. The molecule has 2 heterocycles. The van der Waals surface area contributed by atoms with Crippen LogP contribution in [0, 0.1) is 0 Å². The van der Waals surface area contributed by atoms with E-state index in [2.05, 4.69) is 20.6 Å². The molecule has 0 bridgehead atoms. The molecule has 0 aliphatic rings. The number of hydrogen-bond acceptors (Lipinski definition) is 7. The number of ether oxygens (including phenoxy) is 3. The van der Waals surface area contributed by atoms with E-state index in [1.165, 1.54) is 0 Å². The van der Waals surface area contributed by atoms with E-state index in [4.69, 9.17) is 25.8 Å². The summed E-state index contributed by atoms with van der Waals surface area (Å²) in [7, 11) is 3.28. The fourth-order valence-electron chi connectivity index (χ4n) is 4.63. The van der Waals surface area contributed by atoms with Crippen LogP contribution >= 0.6 is 11.6 Å². The number of fused-ring (bicyclic) bond motifs is 1. The van der Waals surface area contributed by atoms with Gasteiger partial charge in [0.25, 0.3) is 0 Å². The van der Waals surface area contributed by atoms with E-state index in [0.717, 1.165) is 50.5 Å². The molecule has 6 aromatic rings. The maximum absolute atomic E-state index is 6.74. The largest absolute Gasteiger partial charge is 0.497 e. The van der Waals surface area contributed by atoms with E-state index in [0.29, 0.717) is 23.1 Å². The molecular weight excluding hydrogens is 538 g/mol. The van der Waals surface area contributed by atoms with Crippen LogP contribution < -0.4 is 19.5 Å². The normalized spacial score (nSPS) is 10.9. The summed E-state index contributed by atoms with van der Waals surface area (Å²) in [5.74, 6) is 2.71. The van der Waals surface area contributed by atoms with Crippen LogP contribution in [-0.2, 0) is 6.54 Å². The molecule has 0 saturated heterocycles. The lowest BCUT2D eigenvalue weighted by Crippen LogP contribution is -2.04. The predicted molar refractivity (Wildman–Crippen MR) is 160 cm³/mol. The average Bonchev–Trinajstić information content (AvgIpc) is 3.56. The number of hydrogen-bond donors (Lipinski definition) is 1. The van der Waals surface area contributed by atoms with Gasteiger partial charge in [0.1, 0.15) is 23.0 Å². The van der Waals surface area contributed by atoms with Crippen molar-refractivity contribution in [2.75, 3.05) is 19.5 Å². The summed E-state index contributed by atoms with van der Waals surface area (Å²) in [6.07, 6.45) is 5.34. The number of anilines is 1. The summed E-state index contributed by atoms with van der Waals surface area (Å²) in [6, 6.07) is 27.0. The topological polar surface area (TPSA) is 83.3 Å². The molecule has 0 amide bonds. The van der Waals surface area contributed by atoms with E-state index in [-0.39, 0.29) is 0 Å². The average molecular weight is 564 g/mol. The lowest BCUT2D eigenvalue weighted by molar-refractivity contribution is 0.391. The highest BCUT2D eigenvalue weighted by atomic mass is 35.5. The third kappa shape index (κ3) is 5.50. The molecule has 0 spiro atoms. The summed E-state index contributed by atoms with van der Waals surface area (Å²) in [5, 5.41) is 18.0. The van der Waals surface area contributed by atoms with Crippen molar-refractivity contribution >= 4 is 28.2 Å². The van der Waals surface area contributed by atoms with Gasteiger partial charge in [-0.2, -0.15) is 15.3 Å². The van der Waals surface area contributed by atoms with Crippen molar-refractivity contribution in [2.45, 2.75) is 6.54 Å². The highest BCUT2D eigenvalue weighted by Crippen LogP contribution is 2.39. The summed E-state index contributed by atoms with van der Waals surface area (Å²) >= 11 is 6.74. The Morgan fingerprint density at radius 1 is 0.854 bits per heavy atom. The van der Waals surface area contributed by atoms with Crippen molar-refractivity contribution in [1.82, 2.24) is 20.0 Å². The van der Waals surface area contributed by atoms with Gasteiger partial charge in [0.15, 0.2) is 0 Å². The van der Waals surface area contributed by atoms with Crippen LogP contribution in [0.4, 0.5) is 5.69 Å². The van der Waals surface area contributed by atoms with Gasteiger partial charge in [0.2, 0.25) is 0 Å². The van der Waals surface area contributed by atoms with E-state index in [9.17, 15) is 0 Å². The first kappa shape index (κ1) is 26.2. The minimum Gasteiger partial charge on any atom is -0.497 e. The van der Waals surface area contributed by atoms with Crippen LogP contribution in [0.1, 0.15) is 5.56 Å². The standard InChI is InChI=1S/C32H26ClN5O3/c1-39-24-11-9-22(31(16-24)40-2)19-34-29-20-35-37-28-15-21(10-12-25(28)29)26-17-27(33)32(41-23-7-4-3-5-8-23)18-30(26)38-14-6-13-36-38/h3-18,20H,19H2,1-2H3,(H,34,37). The van der Waals surface area contributed by atoms with Crippen LogP contribution in [0.5, 0.6) is 23.0 Å². The van der Waals surface area contributed by atoms with E-state index < -0.39 is 0 Å². The van der Waals surface area contributed by atoms with E-state index in [1.54, 1.807) is 31.3 Å². The SMILES string of the molecule is COc1ccc(CNc2cnnc3cc(-c4cc(Cl)c(Oc5ccccc5)cc4-n4cccn4)ccc23)c(OC)c1. The molecule has 0 fully saturated rings. The molecule has 0 atom stereocenters. The first-order valence-corrected chi connectivity index (χ1v) is 13.3. The Balaban J connectivity index is 1.35. The summed E-state index contributed by atoms with van der Waals surface area (Å²) in [5.41, 5.74) is 5.20. The highest BCUT2D eigenvalue weighted by molar-refractivity contribution is 6.32. The van der Waals surface area contributed by atoms with Gasteiger partial charge in [-0.3, -0.25) is 0 Å².